The number of rotatable bonds is 9. The number of hydrogen-bond donors (Lipinski definition) is 2. The minimum Gasteiger partial charge on any atom is -0.465 e. The van der Waals surface area contributed by atoms with E-state index in [1.165, 1.54) is 4.90 Å². The van der Waals surface area contributed by atoms with E-state index >= 15 is 0 Å². The number of para-hydroxylation sites is 1. The highest BCUT2D eigenvalue weighted by Crippen LogP contribution is 2.30. The Balaban J connectivity index is 1.22. The van der Waals surface area contributed by atoms with Gasteiger partial charge in [-0.05, 0) is 68.8 Å². The number of hydrogen-bond acceptors (Lipinski definition) is 7. The molecule has 2 fully saturated rings. The second kappa shape index (κ2) is 13.6. The number of carbonyl (C=O) groups is 2. The molecule has 1 saturated heterocycles. The molecule has 5 rings (SSSR count). The number of nitrogens with zero attached hydrogens (tertiary/aromatic N) is 6. The van der Waals surface area contributed by atoms with Gasteiger partial charge in [0.15, 0.2) is 0 Å². The highest BCUT2D eigenvalue weighted by Gasteiger charge is 2.25. The third-order valence-corrected chi connectivity index (χ3v) is 8.59. The van der Waals surface area contributed by atoms with Crippen LogP contribution >= 0.6 is 0 Å². The average Bonchev–Trinajstić information content (AvgIpc) is 3.02. The predicted molar refractivity (Wildman–Crippen MR) is 162 cm³/mol. The predicted octanol–water partition coefficient (Wildman–Crippen LogP) is 4.48. The fourth-order valence-electron chi connectivity index (χ4n) is 5.98. The van der Waals surface area contributed by atoms with Crippen molar-refractivity contribution >= 4 is 28.7 Å². The first kappa shape index (κ1) is 29.3. The molecular weight excluding hydrogens is 530 g/mol. The van der Waals surface area contributed by atoms with Gasteiger partial charge in [-0.1, -0.05) is 18.2 Å². The Hall–Kier alpha value is -4.23. The maximum absolute atomic E-state index is 13.5. The first-order chi connectivity index (χ1) is 20.4. The van der Waals surface area contributed by atoms with Crippen LogP contribution in [0.2, 0.25) is 0 Å². The van der Waals surface area contributed by atoms with Gasteiger partial charge in [-0.3, -0.25) is 4.79 Å². The number of anilines is 1. The number of nitriles is 1. The molecule has 0 atom stereocenters. The van der Waals surface area contributed by atoms with E-state index < -0.39 is 6.09 Å². The van der Waals surface area contributed by atoms with Crippen molar-refractivity contribution in [3.63, 3.8) is 0 Å². The van der Waals surface area contributed by atoms with Gasteiger partial charge in [-0.25, -0.2) is 14.8 Å². The number of pyridine rings is 2. The molecule has 0 unspecified atom stereocenters. The Morgan fingerprint density at radius 3 is 2.50 bits per heavy atom. The Labute approximate surface area is 247 Å². The van der Waals surface area contributed by atoms with Crippen LogP contribution < -0.4 is 10.2 Å². The van der Waals surface area contributed by atoms with E-state index in [1.807, 2.05) is 54.7 Å². The fourth-order valence-corrected chi connectivity index (χ4v) is 5.98. The zero-order chi connectivity index (χ0) is 29.5. The Bertz CT molecular complexity index is 1420. The number of piperazine rings is 1. The highest BCUT2D eigenvalue weighted by atomic mass is 16.4. The largest absolute Gasteiger partial charge is 0.465 e. The van der Waals surface area contributed by atoms with Gasteiger partial charge in [-0.15, -0.1) is 0 Å². The second-order valence-electron chi connectivity index (χ2n) is 11.5. The Kier molecular flexibility index (Phi) is 9.49. The molecule has 10 nitrogen and oxygen atoms in total. The molecule has 1 saturated carbocycles. The summed E-state index contributed by atoms with van der Waals surface area (Å²) < 4.78 is 0. The number of benzene rings is 1. The number of amides is 2. The van der Waals surface area contributed by atoms with Crippen molar-refractivity contribution in [1.29, 1.82) is 5.26 Å². The summed E-state index contributed by atoms with van der Waals surface area (Å²) in [5.74, 6) is 1.47. The normalized spacial score (nSPS) is 19.3. The molecule has 1 aromatic carbocycles. The van der Waals surface area contributed by atoms with E-state index in [4.69, 9.17) is 15.2 Å². The molecule has 10 heteroatoms. The van der Waals surface area contributed by atoms with E-state index in [9.17, 15) is 14.7 Å². The standard InChI is InChI=1S/C32H39N7O3/c1-37-15-17-38(18-16-37)30-12-11-25(21-34-30)29-19-27(26-5-2-3-6-28(26)36-29)31(40)35-20-23-7-9-24(10-8-23)22-39(32(41)42)14-4-13-33/h2-3,5-6,11-12,19,21,23-24H,4,7-10,14-18,20,22H2,1H3,(H,35,40)(H,41,42)/t23-,24-. The summed E-state index contributed by atoms with van der Waals surface area (Å²) in [4.78, 5) is 40.5. The van der Waals surface area contributed by atoms with Crippen LogP contribution in [0.3, 0.4) is 0 Å². The smallest absolute Gasteiger partial charge is 0.407 e. The van der Waals surface area contributed by atoms with Gasteiger partial charge in [0.25, 0.3) is 5.91 Å². The minimum atomic E-state index is -0.967. The van der Waals surface area contributed by atoms with E-state index in [1.54, 1.807) is 0 Å². The third kappa shape index (κ3) is 7.15. The van der Waals surface area contributed by atoms with Crippen molar-refractivity contribution in [2.75, 3.05) is 57.8 Å². The average molecular weight is 570 g/mol. The molecular formula is C32H39N7O3. The van der Waals surface area contributed by atoms with Crippen molar-refractivity contribution in [2.24, 2.45) is 11.8 Å². The lowest BCUT2D eigenvalue weighted by Crippen LogP contribution is -2.44. The van der Waals surface area contributed by atoms with E-state index in [0.29, 0.717) is 24.6 Å². The van der Waals surface area contributed by atoms with Crippen molar-refractivity contribution < 1.29 is 14.7 Å². The van der Waals surface area contributed by atoms with Crippen LogP contribution in [-0.2, 0) is 0 Å². The summed E-state index contributed by atoms with van der Waals surface area (Å²) in [5.41, 5.74) is 2.96. The third-order valence-electron chi connectivity index (χ3n) is 8.59. The van der Waals surface area contributed by atoms with Gasteiger partial charge in [-0.2, -0.15) is 5.26 Å². The first-order valence-corrected chi connectivity index (χ1v) is 14.8. The van der Waals surface area contributed by atoms with Gasteiger partial charge >= 0.3 is 6.09 Å². The molecule has 42 heavy (non-hydrogen) atoms. The number of fused-ring (bicyclic) bond motifs is 1. The molecule has 2 N–H and O–H groups in total. The lowest BCUT2D eigenvalue weighted by molar-refractivity contribution is 0.0938. The van der Waals surface area contributed by atoms with Gasteiger partial charge in [0.2, 0.25) is 0 Å². The number of nitrogens with one attached hydrogen (secondary N) is 1. The number of aromatic nitrogens is 2. The van der Waals surface area contributed by atoms with Crippen molar-refractivity contribution in [3.05, 3.63) is 54.2 Å². The van der Waals surface area contributed by atoms with Gasteiger partial charge in [0.05, 0.1) is 29.3 Å². The van der Waals surface area contributed by atoms with Crippen molar-refractivity contribution in [1.82, 2.24) is 25.1 Å². The maximum atomic E-state index is 13.5. The van der Waals surface area contributed by atoms with Gasteiger partial charge in [0.1, 0.15) is 5.82 Å². The lowest BCUT2D eigenvalue weighted by Gasteiger charge is -2.33. The maximum Gasteiger partial charge on any atom is 0.407 e. The number of likely N-dealkylation sites (N-methyl/N-ethyl adjacent to an activating group) is 1. The lowest BCUT2D eigenvalue weighted by atomic mass is 9.81. The topological polar surface area (TPSA) is 126 Å². The molecule has 3 aromatic rings. The monoisotopic (exact) mass is 569 g/mol. The molecule has 2 aromatic heterocycles. The van der Waals surface area contributed by atoms with Gasteiger partial charge < -0.3 is 25.1 Å². The quantitative estimate of drug-likeness (QED) is 0.386. The number of carbonyl (C=O) groups excluding carboxylic acids is 1. The summed E-state index contributed by atoms with van der Waals surface area (Å²) in [6.07, 6.45) is 4.78. The van der Waals surface area contributed by atoms with Crippen LogP contribution in [0.25, 0.3) is 22.2 Å². The van der Waals surface area contributed by atoms with Crippen LogP contribution in [0.1, 0.15) is 42.5 Å². The minimum absolute atomic E-state index is 0.118. The molecule has 2 amide bonds. The summed E-state index contributed by atoms with van der Waals surface area (Å²) in [6.45, 7) is 5.23. The van der Waals surface area contributed by atoms with E-state index in [0.717, 1.165) is 79.8 Å². The fraction of sp³-hybridized carbons (Fsp3) is 0.469. The van der Waals surface area contributed by atoms with Crippen LogP contribution in [0.5, 0.6) is 0 Å². The summed E-state index contributed by atoms with van der Waals surface area (Å²) in [6, 6.07) is 15.7. The molecule has 2 aliphatic rings. The summed E-state index contributed by atoms with van der Waals surface area (Å²) in [7, 11) is 2.14. The van der Waals surface area contributed by atoms with Crippen molar-refractivity contribution in [3.8, 4) is 17.3 Å². The molecule has 1 aliphatic heterocycles. The summed E-state index contributed by atoms with van der Waals surface area (Å²) in [5, 5.41) is 22.2. The SMILES string of the molecule is CN1CCN(c2ccc(-c3cc(C(=O)NC[C@H]4CC[C@H](CN(CCC#N)C(=O)O)CC4)c4ccccc4n3)cn2)CC1. The molecule has 0 spiro atoms. The van der Waals surface area contributed by atoms with Crippen LogP contribution in [0.15, 0.2) is 48.7 Å². The molecule has 3 heterocycles. The molecule has 220 valence electrons. The molecule has 0 radical (unpaired) electrons. The van der Waals surface area contributed by atoms with Crippen LogP contribution in [-0.4, -0.2) is 89.7 Å². The number of carboxylic acid groups (broad SMARTS) is 1. The molecule has 0 bridgehead atoms. The van der Waals surface area contributed by atoms with Gasteiger partial charge in [0, 0.05) is 63.0 Å². The van der Waals surface area contributed by atoms with E-state index in [2.05, 4.69) is 22.2 Å². The Morgan fingerprint density at radius 1 is 1.07 bits per heavy atom. The summed E-state index contributed by atoms with van der Waals surface area (Å²) >= 11 is 0. The van der Waals surface area contributed by atoms with Crippen molar-refractivity contribution in [2.45, 2.75) is 32.1 Å². The zero-order valence-electron chi connectivity index (χ0n) is 24.2. The van der Waals surface area contributed by atoms with Crippen LogP contribution in [0, 0.1) is 23.2 Å². The van der Waals surface area contributed by atoms with E-state index in [-0.39, 0.29) is 24.8 Å². The second-order valence-corrected chi connectivity index (χ2v) is 11.5. The zero-order valence-corrected chi connectivity index (χ0v) is 24.2. The van der Waals surface area contributed by atoms with Crippen LogP contribution in [0.4, 0.5) is 10.6 Å². The first-order valence-electron chi connectivity index (χ1n) is 14.8. The Morgan fingerprint density at radius 2 is 1.81 bits per heavy atom. The highest BCUT2D eigenvalue weighted by molar-refractivity contribution is 6.07. The molecule has 1 aliphatic carbocycles.